The number of aromatic hydroxyl groups is 1. The molecular weight excluding hydrogens is 268 g/mol. The molecule has 19 heavy (non-hydrogen) atoms. The van der Waals surface area contributed by atoms with Crippen LogP contribution in [0.15, 0.2) is 47.5 Å². The summed E-state index contributed by atoms with van der Waals surface area (Å²) in [4.78, 5) is 14.3. The Balaban J connectivity index is 2.26. The van der Waals surface area contributed by atoms with Crippen LogP contribution in [-0.2, 0) is 0 Å². The highest BCUT2D eigenvalue weighted by molar-refractivity contribution is 6.32. The van der Waals surface area contributed by atoms with Gasteiger partial charge >= 0.3 is 0 Å². The number of rotatable bonds is 3. The van der Waals surface area contributed by atoms with Gasteiger partial charge in [0.2, 0.25) is 0 Å². The van der Waals surface area contributed by atoms with Gasteiger partial charge in [0, 0.05) is 12.3 Å². The van der Waals surface area contributed by atoms with Gasteiger partial charge in [-0.2, -0.15) is 0 Å². The molecule has 1 N–H and O–H groups in total. The summed E-state index contributed by atoms with van der Waals surface area (Å²) in [5.74, 6) is 0.166. The molecule has 0 aliphatic heterocycles. The number of nitrogens with zero attached hydrogens (tertiary/aromatic N) is 2. The number of nitro groups is 1. The van der Waals surface area contributed by atoms with Gasteiger partial charge in [0.05, 0.1) is 10.6 Å². The van der Waals surface area contributed by atoms with Gasteiger partial charge in [-0.05, 0) is 42.0 Å². The molecule has 0 atom stereocenters. The van der Waals surface area contributed by atoms with Crippen molar-refractivity contribution in [1.29, 1.82) is 0 Å². The van der Waals surface area contributed by atoms with Crippen molar-refractivity contribution in [3.63, 3.8) is 0 Å². The zero-order valence-corrected chi connectivity index (χ0v) is 10.4. The normalized spacial score (nSPS) is 10.8. The van der Waals surface area contributed by atoms with Crippen LogP contribution in [-0.4, -0.2) is 16.2 Å². The first-order chi connectivity index (χ1) is 9.06. The van der Waals surface area contributed by atoms with Gasteiger partial charge in [-0.25, -0.2) is 0 Å². The van der Waals surface area contributed by atoms with E-state index in [0.29, 0.717) is 5.69 Å². The highest BCUT2D eigenvalue weighted by Gasteiger charge is 2.11. The predicted octanol–water partition coefficient (Wildman–Crippen LogP) is 3.70. The quantitative estimate of drug-likeness (QED) is 0.527. The first kappa shape index (κ1) is 13.0. The third kappa shape index (κ3) is 3.29. The summed E-state index contributed by atoms with van der Waals surface area (Å²) in [6.45, 7) is 0. The van der Waals surface area contributed by atoms with Crippen LogP contribution in [0.25, 0.3) is 0 Å². The van der Waals surface area contributed by atoms with Crippen LogP contribution >= 0.6 is 11.6 Å². The average molecular weight is 277 g/mol. The SMILES string of the molecule is O=[N+]([O-])c1cc(N=Cc2ccc(O)cc2)ccc1Cl. The van der Waals surface area contributed by atoms with Gasteiger partial charge in [0.25, 0.3) is 5.69 Å². The van der Waals surface area contributed by atoms with Crippen LogP contribution in [0.2, 0.25) is 5.02 Å². The zero-order chi connectivity index (χ0) is 13.8. The maximum Gasteiger partial charge on any atom is 0.290 e. The molecule has 0 saturated carbocycles. The molecule has 0 unspecified atom stereocenters. The summed E-state index contributed by atoms with van der Waals surface area (Å²) in [7, 11) is 0. The molecule has 96 valence electrons. The molecule has 0 fully saturated rings. The Bertz CT molecular complexity index is 639. The van der Waals surface area contributed by atoms with Crippen LogP contribution in [0.5, 0.6) is 5.75 Å². The van der Waals surface area contributed by atoms with Crippen molar-refractivity contribution < 1.29 is 10.0 Å². The van der Waals surface area contributed by atoms with Gasteiger partial charge in [0.1, 0.15) is 10.8 Å². The van der Waals surface area contributed by atoms with E-state index in [9.17, 15) is 10.1 Å². The molecule has 2 aromatic carbocycles. The van der Waals surface area contributed by atoms with Crippen molar-refractivity contribution in [2.75, 3.05) is 0 Å². The number of benzene rings is 2. The van der Waals surface area contributed by atoms with E-state index in [1.54, 1.807) is 24.4 Å². The van der Waals surface area contributed by atoms with Crippen LogP contribution in [0.4, 0.5) is 11.4 Å². The molecule has 0 aromatic heterocycles. The minimum Gasteiger partial charge on any atom is -0.508 e. The number of halogens is 1. The van der Waals surface area contributed by atoms with Gasteiger partial charge in [-0.15, -0.1) is 0 Å². The molecule has 0 aliphatic carbocycles. The molecule has 0 aliphatic rings. The van der Waals surface area contributed by atoms with Crippen molar-refractivity contribution in [1.82, 2.24) is 0 Å². The summed E-state index contributed by atoms with van der Waals surface area (Å²) < 4.78 is 0. The smallest absolute Gasteiger partial charge is 0.290 e. The molecule has 0 spiro atoms. The fourth-order valence-corrected chi connectivity index (χ4v) is 1.62. The second kappa shape index (κ2) is 5.49. The van der Waals surface area contributed by atoms with E-state index >= 15 is 0 Å². The van der Waals surface area contributed by atoms with Gasteiger partial charge in [-0.1, -0.05) is 11.6 Å². The van der Waals surface area contributed by atoms with Gasteiger partial charge in [-0.3, -0.25) is 15.1 Å². The third-order valence-electron chi connectivity index (χ3n) is 2.38. The van der Waals surface area contributed by atoms with Crippen LogP contribution in [0, 0.1) is 10.1 Å². The molecule has 0 amide bonds. The van der Waals surface area contributed by atoms with E-state index in [4.69, 9.17) is 16.7 Å². The number of nitro benzene ring substituents is 1. The molecular formula is C13H9ClN2O3. The Labute approximate surface area is 113 Å². The molecule has 5 nitrogen and oxygen atoms in total. The first-order valence-electron chi connectivity index (χ1n) is 5.33. The summed E-state index contributed by atoms with van der Waals surface area (Å²) in [6.07, 6.45) is 1.55. The van der Waals surface area contributed by atoms with E-state index in [2.05, 4.69) is 4.99 Å². The third-order valence-corrected chi connectivity index (χ3v) is 2.70. The van der Waals surface area contributed by atoms with Crippen LogP contribution in [0.1, 0.15) is 5.56 Å². The average Bonchev–Trinajstić information content (AvgIpc) is 2.39. The standard InChI is InChI=1S/C13H9ClN2O3/c14-12-6-3-10(7-13(12)16(18)19)15-8-9-1-4-11(17)5-2-9/h1-8,17H. The minimum atomic E-state index is -0.554. The summed E-state index contributed by atoms with van der Waals surface area (Å²) in [5, 5.41) is 19.9. The van der Waals surface area contributed by atoms with Gasteiger partial charge in [0.15, 0.2) is 0 Å². The van der Waals surface area contributed by atoms with E-state index in [0.717, 1.165) is 5.56 Å². The Morgan fingerprint density at radius 3 is 2.53 bits per heavy atom. The highest BCUT2D eigenvalue weighted by atomic mass is 35.5. The Morgan fingerprint density at radius 2 is 1.89 bits per heavy atom. The van der Waals surface area contributed by atoms with Crippen molar-refractivity contribution in [3.8, 4) is 5.75 Å². The lowest BCUT2D eigenvalue weighted by Gasteiger charge is -1.97. The number of phenolic OH excluding ortho intramolecular Hbond substituents is 1. The fraction of sp³-hybridized carbons (Fsp3) is 0. The Hall–Kier alpha value is -2.40. The maximum atomic E-state index is 10.7. The molecule has 2 aromatic rings. The lowest BCUT2D eigenvalue weighted by molar-refractivity contribution is -0.384. The van der Waals surface area contributed by atoms with E-state index in [-0.39, 0.29) is 16.5 Å². The maximum absolute atomic E-state index is 10.7. The summed E-state index contributed by atoms with van der Waals surface area (Å²) in [5.41, 5.74) is 1.03. The number of aliphatic imine (C=N–C) groups is 1. The first-order valence-corrected chi connectivity index (χ1v) is 5.71. The number of phenols is 1. The molecule has 6 heteroatoms. The summed E-state index contributed by atoms with van der Waals surface area (Å²) >= 11 is 5.70. The molecule has 0 bridgehead atoms. The number of hydrogen-bond donors (Lipinski definition) is 1. The van der Waals surface area contributed by atoms with Crippen molar-refractivity contribution in [3.05, 3.63) is 63.2 Å². The molecule has 0 saturated heterocycles. The van der Waals surface area contributed by atoms with Crippen LogP contribution in [0.3, 0.4) is 0 Å². The van der Waals surface area contributed by atoms with Crippen molar-refractivity contribution in [2.45, 2.75) is 0 Å². The van der Waals surface area contributed by atoms with E-state index in [1.165, 1.54) is 24.3 Å². The van der Waals surface area contributed by atoms with Crippen molar-refractivity contribution >= 4 is 29.2 Å². The molecule has 2 rings (SSSR count). The summed E-state index contributed by atoms with van der Waals surface area (Å²) in [6, 6.07) is 10.8. The Morgan fingerprint density at radius 1 is 1.21 bits per heavy atom. The van der Waals surface area contributed by atoms with E-state index in [1.807, 2.05) is 0 Å². The Kier molecular flexibility index (Phi) is 3.77. The molecule has 0 heterocycles. The fourth-order valence-electron chi connectivity index (χ4n) is 1.43. The predicted molar refractivity (Wildman–Crippen MR) is 73.5 cm³/mol. The second-order valence-corrected chi connectivity index (χ2v) is 4.15. The monoisotopic (exact) mass is 276 g/mol. The van der Waals surface area contributed by atoms with Crippen molar-refractivity contribution in [2.24, 2.45) is 4.99 Å². The zero-order valence-electron chi connectivity index (χ0n) is 9.65. The van der Waals surface area contributed by atoms with Crippen LogP contribution < -0.4 is 0 Å². The van der Waals surface area contributed by atoms with E-state index < -0.39 is 4.92 Å². The minimum absolute atomic E-state index is 0.0774. The highest BCUT2D eigenvalue weighted by Crippen LogP contribution is 2.28. The topological polar surface area (TPSA) is 75.7 Å². The second-order valence-electron chi connectivity index (χ2n) is 3.74. The number of hydrogen-bond acceptors (Lipinski definition) is 4. The lowest BCUT2D eigenvalue weighted by Crippen LogP contribution is -1.88. The molecule has 0 radical (unpaired) electrons. The largest absolute Gasteiger partial charge is 0.508 e. The lowest BCUT2D eigenvalue weighted by atomic mass is 10.2. The van der Waals surface area contributed by atoms with Gasteiger partial charge < -0.3 is 5.11 Å².